The molecule has 190 valence electrons. The van der Waals surface area contributed by atoms with Gasteiger partial charge in [0.15, 0.2) is 12.8 Å². The lowest BCUT2D eigenvalue weighted by Gasteiger charge is -2.09. The first-order chi connectivity index (χ1) is 17.8. The van der Waals surface area contributed by atoms with Crippen LogP contribution in [0.4, 0.5) is 0 Å². The highest BCUT2D eigenvalue weighted by atomic mass is 35.5. The monoisotopic (exact) mass is 557 g/mol. The predicted octanol–water partition coefficient (Wildman–Crippen LogP) is 3.16. The number of amides is 1. The third-order valence-electron chi connectivity index (χ3n) is 5.39. The molecular formula is C26H23Cl2N4O4S+. The molecule has 0 aliphatic carbocycles. The molecule has 1 aromatic heterocycles. The van der Waals surface area contributed by atoms with Crippen LogP contribution in [-0.4, -0.2) is 26.4 Å². The molecular weight excluding hydrogens is 535 g/mol. The highest BCUT2D eigenvalue weighted by Gasteiger charge is 2.21. The topological polar surface area (TPSA) is 110 Å². The van der Waals surface area contributed by atoms with Crippen molar-refractivity contribution in [1.82, 2.24) is 8.52 Å². The van der Waals surface area contributed by atoms with Crippen molar-refractivity contribution in [2.45, 2.75) is 25.7 Å². The zero-order valence-electron chi connectivity index (χ0n) is 19.6. The van der Waals surface area contributed by atoms with E-state index in [1.54, 1.807) is 48.5 Å². The summed E-state index contributed by atoms with van der Waals surface area (Å²) >= 11 is 12.9. The molecule has 1 unspecified atom stereocenters. The van der Waals surface area contributed by atoms with E-state index < -0.39 is 30.3 Å². The van der Waals surface area contributed by atoms with E-state index in [1.165, 1.54) is 3.96 Å². The Labute approximate surface area is 226 Å². The molecule has 4 rings (SSSR count). The maximum absolute atomic E-state index is 13.2. The number of esters is 1. The summed E-state index contributed by atoms with van der Waals surface area (Å²) in [5, 5.41) is 1.06. The third kappa shape index (κ3) is 7.05. The first-order valence-electron chi connectivity index (χ1n) is 11.2. The van der Waals surface area contributed by atoms with Gasteiger partial charge in [0, 0.05) is 22.0 Å². The van der Waals surface area contributed by atoms with E-state index in [0.29, 0.717) is 22.0 Å². The van der Waals surface area contributed by atoms with Gasteiger partial charge < -0.3 is 10.5 Å². The summed E-state index contributed by atoms with van der Waals surface area (Å²) in [7, 11) is 0. The molecule has 0 fully saturated rings. The fourth-order valence-corrected chi connectivity index (χ4v) is 4.61. The Bertz CT molecular complexity index is 1510. The number of halogens is 2. The molecule has 1 atom stereocenters. The fraction of sp³-hybridized carbons (Fsp3) is 0.154. The van der Waals surface area contributed by atoms with Gasteiger partial charge in [0.2, 0.25) is 4.80 Å². The van der Waals surface area contributed by atoms with Crippen LogP contribution in [0.3, 0.4) is 0 Å². The van der Waals surface area contributed by atoms with Gasteiger partial charge in [-0.15, -0.1) is 0 Å². The number of aromatic nitrogens is 2. The molecule has 4 aromatic rings. The van der Waals surface area contributed by atoms with Crippen LogP contribution in [0, 0.1) is 0 Å². The van der Waals surface area contributed by atoms with E-state index in [4.69, 9.17) is 27.9 Å². The highest BCUT2D eigenvalue weighted by molar-refractivity contribution is 7.03. The number of carbonyl (C=O) groups is 2. The van der Waals surface area contributed by atoms with Gasteiger partial charge in [-0.05, 0) is 59.1 Å². The average molecular weight is 558 g/mol. The van der Waals surface area contributed by atoms with Gasteiger partial charge in [-0.2, -0.15) is 4.99 Å². The van der Waals surface area contributed by atoms with Crippen LogP contribution < -0.4 is 16.2 Å². The van der Waals surface area contributed by atoms with Crippen LogP contribution in [0.25, 0.3) is 0 Å². The quantitative estimate of drug-likeness (QED) is 0.335. The fourth-order valence-electron chi connectivity index (χ4n) is 3.42. The van der Waals surface area contributed by atoms with Crippen LogP contribution in [0.2, 0.25) is 10.0 Å². The van der Waals surface area contributed by atoms with Gasteiger partial charge in [-0.1, -0.05) is 65.7 Å². The minimum atomic E-state index is -0.672. The summed E-state index contributed by atoms with van der Waals surface area (Å²) in [6, 6.07) is 22.1. The van der Waals surface area contributed by atoms with Gasteiger partial charge in [-0.3, -0.25) is 4.79 Å². The summed E-state index contributed by atoms with van der Waals surface area (Å²) in [5.41, 5.74) is 5.49. The second-order valence-electron chi connectivity index (χ2n) is 8.15. The smallest absolute Gasteiger partial charge is 0.366 e. The third-order valence-corrected chi connectivity index (χ3v) is 6.87. The highest BCUT2D eigenvalue weighted by Crippen LogP contribution is 2.12. The lowest BCUT2D eigenvalue weighted by atomic mass is 10.1. The van der Waals surface area contributed by atoms with Crippen molar-refractivity contribution in [2.75, 3.05) is 0 Å². The van der Waals surface area contributed by atoms with Crippen molar-refractivity contribution in [3.05, 3.63) is 121 Å². The molecule has 0 aliphatic rings. The second-order valence-corrected chi connectivity index (χ2v) is 10.0. The lowest BCUT2D eigenvalue weighted by Crippen LogP contribution is -2.66. The number of nitrogens with zero attached hydrogens (tertiary/aromatic N) is 3. The average Bonchev–Trinajstić information content (AvgIpc) is 3.18. The van der Waals surface area contributed by atoms with Crippen LogP contribution in [0.15, 0.2) is 88.6 Å². The van der Waals surface area contributed by atoms with Crippen molar-refractivity contribution in [3.63, 3.8) is 0 Å². The van der Waals surface area contributed by atoms with Gasteiger partial charge in [0.25, 0.3) is 5.91 Å². The molecule has 0 saturated heterocycles. The molecule has 1 heterocycles. The number of hydrogen-bond donors (Lipinski definition) is 1. The molecule has 8 nitrogen and oxygen atoms in total. The maximum atomic E-state index is 13.2. The first-order valence-corrected chi connectivity index (χ1v) is 12.8. The Morgan fingerprint density at radius 1 is 0.919 bits per heavy atom. The van der Waals surface area contributed by atoms with E-state index >= 15 is 0 Å². The summed E-state index contributed by atoms with van der Waals surface area (Å²) < 4.78 is 8.00. The first kappa shape index (κ1) is 26.6. The van der Waals surface area contributed by atoms with Gasteiger partial charge in [0.1, 0.15) is 0 Å². The minimum absolute atomic E-state index is 0.0929. The Balaban J connectivity index is 1.60. The van der Waals surface area contributed by atoms with Crippen molar-refractivity contribution >= 4 is 46.6 Å². The van der Waals surface area contributed by atoms with E-state index in [-0.39, 0.29) is 11.3 Å². The summed E-state index contributed by atoms with van der Waals surface area (Å²) in [6.45, 7) is -0.180. The Morgan fingerprint density at radius 3 is 2.19 bits per heavy atom. The molecule has 0 saturated carbocycles. The van der Waals surface area contributed by atoms with Crippen LogP contribution in [0.1, 0.15) is 21.5 Å². The molecule has 0 spiro atoms. The van der Waals surface area contributed by atoms with Crippen LogP contribution in [-0.2, 0) is 29.2 Å². The van der Waals surface area contributed by atoms with Gasteiger partial charge >= 0.3 is 11.7 Å². The molecule has 37 heavy (non-hydrogen) atoms. The number of hydrogen-bond acceptors (Lipinski definition) is 5. The van der Waals surface area contributed by atoms with Gasteiger partial charge in [0.05, 0.1) is 6.54 Å². The minimum Gasteiger partial charge on any atom is -0.439 e. The van der Waals surface area contributed by atoms with Crippen molar-refractivity contribution in [1.29, 1.82) is 0 Å². The zero-order valence-corrected chi connectivity index (χ0v) is 21.9. The summed E-state index contributed by atoms with van der Waals surface area (Å²) in [6.07, 6.45) is 0.390. The molecule has 3 N–H and O–H groups in total. The van der Waals surface area contributed by atoms with E-state index in [1.807, 2.05) is 30.3 Å². The Kier molecular flexibility index (Phi) is 8.73. The Hall–Kier alpha value is -3.50. The summed E-state index contributed by atoms with van der Waals surface area (Å²) in [4.78, 5) is 42.8. The van der Waals surface area contributed by atoms with E-state index in [9.17, 15) is 14.4 Å². The standard InChI is InChI=1S/C26H22Cl2N4O4S/c27-20-10-6-18(7-11-20)15-32-26(35)31(16-36-24(34)22(29)14-17-4-2-1-3-5-17)25(37-32)30-23(33)19-8-12-21(28)13-9-19/h1-13,22H,14-16,29H2/p+1. The SMILES string of the molecule is [NH3+]C(Cc1ccccc1)C(=O)OCn1c(=NC(=O)c2ccc(Cl)cc2)sn(Cc2ccc(Cl)cc2)c1=O. The lowest BCUT2D eigenvalue weighted by molar-refractivity contribution is -0.408. The summed E-state index contributed by atoms with van der Waals surface area (Å²) in [5.74, 6) is -1.13. The number of benzene rings is 3. The molecule has 0 aliphatic heterocycles. The second kappa shape index (κ2) is 12.2. The van der Waals surface area contributed by atoms with Crippen molar-refractivity contribution in [2.24, 2.45) is 4.99 Å². The van der Waals surface area contributed by atoms with Gasteiger partial charge in [-0.25, -0.2) is 18.1 Å². The molecule has 0 bridgehead atoms. The number of rotatable bonds is 8. The number of quaternary nitrogens is 1. The molecule has 11 heteroatoms. The predicted molar refractivity (Wildman–Crippen MR) is 141 cm³/mol. The van der Waals surface area contributed by atoms with Crippen molar-refractivity contribution < 1.29 is 20.1 Å². The zero-order chi connectivity index (χ0) is 26.4. The van der Waals surface area contributed by atoms with Crippen molar-refractivity contribution in [3.8, 4) is 0 Å². The van der Waals surface area contributed by atoms with Crippen LogP contribution in [0.5, 0.6) is 0 Å². The normalized spacial score (nSPS) is 12.4. The molecule has 0 radical (unpaired) electrons. The van der Waals surface area contributed by atoms with E-state index in [0.717, 1.165) is 27.2 Å². The molecule has 1 amide bonds. The molecule has 3 aromatic carbocycles. The van der Waals surface area contributed by atoms with E-state index in [2.05, 4.69) is 10.7 Å². The largest absolute Gasteiger partial charge is 0.439 e. The van der Waals surface area contributed by atoms with Crippen LogP contribution >= 0.6 is 34.7 Å². The maximum Gasteiger partial charge on any atom is 0.366 e. The number of carbonyl (C=O) groups excluding carboxylic acids is 2. The number of ether oxygens (including phenoxy) is 1. The Morgan fingerprint density at radius 2 is 1.54 bits per heavy atom.